The van der Waals surface area contributed by atoms with E-state index < -0.39 is 17.5 Å². The van der Waals surface area contributed by atoms with Gasteiger partial charge in [0, 0.05) is 17.2 Å². The molecule has 2 heterocycles. The summed E-state index contributed by atoms with van der Waals surface area (Å²) >= 11 is 0. The van der Waals surface area contributed by atoms with Crippen LogP contribution < -0.4 is 14.9 Å². The largest absolute Gasteiger partial charge is 0.513 e. The van der Waals surface area contributed by atoms with Crippen LogP contribution in [0.2, 0.25) is 0 Å². The summed E-state index contributed by atoms with van der Waals surface area (Å²) in [7, 11) is 0. The number of benzene rings is 2. The number of carbonyl (C=O) groups is 2. The van der Waals surface area contributed by atoms with Crippen LogP contribution in [0.4, 0.5) is 4.79 Å². The lowest BCUT2D eigenvalue weighted by Gasteiger charge is -2.08. The average molecular weight is 338 g/mol. The summed E-state index contributed by atoms with van der Waals surface area (Å²) in [5.41, 5.74) is 1.04. The highest BCUT2D eigenvalue weighted by atomic mass is 16.7. The molecule has 2 aromatic carbocycles. The van der Waals surface area contributed by atoms with Crippen molar-refractivity contribution in [3.63, 3.8) is 0 Å². The van der Waals surface area contributed by atoms with Gasteiger partial charge < -0.3 is 19.0 Å². The predicted molar refractivity (Wildman–Crippen MR) is 85.3 cm³/mol. The van der Waals surface area contributed by atoms with Gasteiger partial charge in [0.1, 0.15) is 17.9 Å². The molecule has 1 aromatic heterocycles. The van der Waals surface area contributed by atoms with E-state index >= 15 is 0 Å². The highest BCUT2D eigenvalue weighted by Crippen LogP contribution is 2.32. The van der Waals surface area contributed by atoms with Crippen LogP contribution in [-0.2, 0) is 6.61 Å². The molecule has 0 atom stereocenters. The minimum atomic E-state index is -1.60. The SMILES string of the molecule is O=C(O)Oc1cc(=O)c2cc3c(cc2o1)OCc1ccccc1C3=O. The molecule has 0 saturated heterocycles. The van der Waals surface area contributed by atoms with Gasteiger partial charge in [0.25, 0.3) is 5.95 Å². The fourth-order valence-corrected chi connectivity index (χ4v) is 2.76. The van der Waals surface area contributed by atoms with E-state index in [0.717, 1.165) is 11.6 Å². The van der Waals surface area contributed by atoms with Crippen molar-refractivity contribution in [3.8, 4) is 11.7 Å². The summed E-state index contributed by atoms with van der Waals surface area (Å²) in [6, 6.07) is 10.8. The van der Waals surface area contributed by atoms with Gasteiger partial charge >= 0.3 is 6.16 Å². The number of carboxylic acid groups (broad SMARTS) is 1. The standard InChI is InChI=1S/C18H10O7/c19-13-6-16(25-18(21)22)24-15-7-14-12(5-11(13)15)17(20)10-4-2-1-3-9(10)8-23-14/h1-7H,8H2,(H,21,22). The van der Waals surface area contributed by atoms with Gasteiger partial charge in [-0.1, -0.05) is 24.3 Å². The maximum atomic E-state index is 12.8. The van der Waals surface area contributed by atoms with Gasteiger partial charge in [-0.25, -0.2) is 4.79 Å². The van der Waals surface area contributed by atoms with Crippen LogP contribution >= 0.6 is 0 Å². The van der Waals surface area contributed by atoms with E-state index in [2.05, 4.69) is 4.74 Å². The number of ether oxygens (including phenoxy) is 2. The van der Waals surface area contributed by atoms with Gasteiger partial charge in [-0.15, -0.1) is 0 Å². The van der Waals surface area contributed by atoms with Crippen LogP contribution in [0.15, 0.2) is 51.7 Å². The summed E-state index contributed by atoms with van der Waals surface area (Å²) in [6.07, 6.45) is -1.60. The van der Waals surface area contributed by atoms with Crippen molar-refractivity contribution in [2.75, 3.05) is 0 Å². The van der Waals surface area contributed by atoms with E-state index in [1.165, 1.54) is 12.1 Å². The predicted octanol–water partition coefficient (Wildman–Crippen LogP) is 2.97. The molecule has 0 radical (unpaired) electrons. The molecular formula is C18H10O7. The average Bonchev–Trinajstić information content (AvgIpc) is 2.71. The Kier molecular flexibility index (Phi) is 3.28. The van der Waals surface area contributed by atoms with Crippen molar-refractivity contribution in [3.05, 3.63) is 69.4 Å². The molecule has 4 rings (SSSR count). The molecule has 1 N–H and O–H groups in total. The number of rotatable bonds is 1. The first-order valence-corrected chi connectivity index (χ1v) is 7.31. The molecule has 0 spiro atoms. The van der Waals surface area contributed by atoms with Crippen LogP contribution in [-0.4, -0.2) is 17.0 Å². The van der Waals surface area contributed by atoms with Gasteiger partial charge in [0.05, 0.1) is 17.0 Å². The molecular weight excluding hydrogens is 328 g/mol. The van der Waals surface area contributed by atoms with Crippen molar-refractivity contribution >= 4 is 22.9 Å². The Labute approximate surface area is 140 Å². The quantitative estimate of drug-likeness (QED) is 0.680. The van der Waals surface area contributed by atoms with Crippen LogP contribution in [0.5, 0.6) is 11.7 Å². The van der Waals surface area contributed by atoms with E-state index in [1.807, 2.05) is 6.07 Å². The van der Waals surface area contributed by atoms with Crippen molar-refractivity contribution in [1.82, 2.24) is 0 Å². The summed E-state index contributed by atoms with van der Waals surface area (Å²) in [5.74, 6) is -0.451. The Morgan fingerprint density at radius 3 is 2.68 bits per heavy atom. The van der Waals surface area contributed by atoms with Crippen LogP contribution in [0, 0.1) is 0 Å². The zero-order valence-electron chi connectivity index (χ0n) is 12.6. The van der Waals surface area contributed by atoms with E-state index in [4.69, 9.17) is 14.3 Å². The lowest BCUT2D eigenvalue weighted by atomic mass is 9.98. The van der Waals surface area contributed by atoms with E-state index in [0.29, 0.717) is 5.56 Å². The summed E-state index contributed by atoms with van der Waals surface area (Å²) in [6.45, 7) is 0.190. The molecule has 0 fully saturated rings. The van der Waals surface area contributed by atoms with Gasteiger partial charge in [-0.2, -0.15) is 0 Å². The highest BCUT2D eigenvalue weighted by Gasteiger charge is 2.24. The lowest BCUT2D eigenvalue weighted by Crippen LogP contribution is -2.08. The minimum absolute atomic E-state index is 0.0706. The Balaban J connectivity index is 1.92. The molecule has 0 unspecified atom stereocenters. The third-order valence-corrected chi connectivity index (χ3v) is 3.88. The fourth-order valence-electron chi connectivity index (χ4n) is 2.76. The highest BCUT2D eigenvalue weighted by molar-refractivity contribution is 6.13. The molecule has 0 aliphatic carbocycles. The second-order valence-corrected chi connectivity index (χ2v) is 5.42. The first-order chi connectivity index (χ1) is 12.0. The number of ketones is 1. The van der Waals surface area contributed by atoms with Gasteiger partial charge in [-0.3, -0.25) is 9.59 Å². The molecule has 25 heavy (non-hydrogen) atoms. The third-order valence-electron chi connectivity index (χ3n) is 3.88. The molecule has 0 bridgehead atoms. The molecule has 0 saturated carbocycles. The van der Waals surface area contributed by atoms with Crippen LogP contribution in [0.1, 0.15) is 21.5 Å². The van der Waals surface area contributed by atoms with Gasteiger partial charge in [0.15, 0.2) is 11.2 Å². The zero-order chi connectivity index (χ0) is 17.6. The molecule has 1 aliphatic rings. The second-order valence-electron chi connectivity index (χ2n) is 5.42. The Bertz CT molecular complexity index is 1090. The summed E-state index contributed by atoms with van der Waals surface area (Å²) in [5, 5.41) is 8.77. The monoisotopic (exact) mass is 338 g/mol. The van der Waals surface area contributed by atoms with E-state index in [-0.39, 0.29) is 34.7 Å². The maximum Gasteiger partial charge on any atom is 0.513 e. The lowest BCUT2D eigenvalue weighted by molar-refractivity contribution is 0.103. The normalized spacial score (nSPS) is 12.7. The molecule has 3 aromatic rings. The van der Waals surface area contributed by atoms with Crippen LogP contribution in [0.25, 0.3) is 11.0 Å². The smallest absolute Gasteiger partial charge is 0.488 e. The van der Waals surface area contributed by atoms with E-state index in [9.17, 15) is 14.4 Å². The topological polar surface area (TPSA) is 103 Å². The van der Waals surface area contributed by atoms with Crippen molar-refractivity contribution < 1.29 is 28.6 Å². The summed E-state index contributed by atoms with van der Waals surface area (Å²) in [4.78, 5) is 35.6. The van der Waals surface area contributed by atoms with Crippen LogP contribution in [0.3, 0.4) is 0 Å². The maximum absolute atomic E-state index is 12.8. The number of hydrogen-bond donors (Lipinski definition) is 1. The van der Waals surface area contributed by atoms with Gasteiger partial charge in [-0.05, 0) is 6.07 Å². The Morgan fingerprint density at radius 2 is 1.88 bits per heavy atom. The minimum Gasteiger partial charge on any atom is -0.488 e. The number of fused-ring (bicyclic) bond motifs is 3. The third kappa shape index (κ3) is 2.51. The van der Waals surface area contributed by atoms with Gasteiger partial charge in [0.2, 0.25) is 0 Å². The molecule has 7 heteroatoms. The number of hydrogen-bond acceptors (Lipinski definition) is 6. The number of carbonyl (C=O) groups excluding carboxylic acids is 1. The molecule has 7 nitrogen and oxygen atoms in total. The Morgan fingerprint density at radius 1 is 1.08 bits per heavy atom. The first kappa shape index (κ1) is 14.9. The molecule has 0 amide bonds. The van der Waals surface area contributed by atoms with Crippen molar-refractivity contribution in [2.24, 2.45) is 0 Å². The van der Waals surface area contributed by atoms with Crippen molar-refractivity contribution in [2.45, 2.75) is 6.61 Å². The molecule has 1 aliphatic heterocycles. The van der Waals surface area contributed by atoms with Crippen molar-refractivity contribution in [1.29, 1.82) is 0 Å². The first-order valence-electron chi connectivity index (χ1n) is 7.31. The molecule has 124 valence electrons. The fraction of sp³-hybridized carbons (Fsp3) is 0.0556. The summed E-state index contributed by atoms with van der Waals surface area (Å²) < 4.78 is 15.3. The Hall–Kier alpha value is -3.61. The second kappa shape index (κ2) is 5.48. The zero-order valence-corrected chi connectivity index (χ0v) is 12.6. The van der Waals surface area contributed by atoms with E-state index in [1.54, 1.807) is 18.2 Å².